The molecule has 0 saturated carbocycles. The normalized spacial score (nSPS) is 13.9. The van der Waals surface area contributed by atoms with Crippen molar-refractivity contribution in [2.45, 2.75) is 6.42 Å². The molecule has 3 heterocycles. The minimum atomic E-state index is -0.403. The van der Waals surface area contributed by atoms with Crippen LogP contribution < -0.4 is 10.2 Å². The number of carbonyl (C=O) groups excluding carboxylic acids is 2. The van der Waals surface area contributed by atoms with Crippen LogP contribution in [0.2, 0.25) is 0 Å². The first-order chi connectivity index (χ1) is 14.6. The van der Waals surface area contributed by atoms with Gasteiger partial charge in [-0.1, -0.05) is 12.1 Å². The summed E-state index contributed by atoms with van der Waals surface area (Å²) >= 11 is 1.25. The Morgan fingerprint density at radius 1 is 1.13 bits per heavy atom. The second-order valence-corrected chi connectivity index (χ2v) is 7.54. The first-order valence-corrected chi connectivity index (χ1v) is 10.3. The average molecular weight is 426 g/mol. The van der Waals surface area contributed by atoms with Crippen LogP contribution in [0.4, 0.5) is 15.2 Å². The highest BCUT2D eigenvalue weighted by Crippen LogP contribution is 2.21. The summed E-state index contributed by atoms with van der Waals surface area (Å²) in [5.74, 6) is -0.698. The number of thiazole rings is 1. The Balaban J connectivity index is 1.30. The van der Waals surface area contributed by atoms with E-state index < -0.39 is 5.91 Å². The molecule has 154 valence electrons. The van der Waals surface area contributed by atoms with Crippen molar-refractivity contribution in [1.82, 2.24) is 19.9 Å². The summed E-state index contributed by atoms with van der Waals surface area (Å²) in [6, 6.07) is 6.66. The molecule has 10 heteroatoms. The molecule has 0 spiro atoms. The molecule has 1 aliphatic rings. The van der Waals surface area contributed by atoms with E-state index in [0.29, 0.717) is 42.7 Å². The highest BCUT2D eigenvalue weighted by atomic mass is 32.1. The van der Waals surface area contributed by atoms with Gasteiger partial charge < -0.3 is 9.80 Å². The van der Waals surface area contributed by atoms with Crippen molar-refractivity contribution >= 4 is 34.0 Å². The Labute approximate surface area is 176 Å². The Hall–Kier alpha value is -3.40. The number of anilines is 2. The van der Waals surface area contributed by atoms with E-state index in [0.717, 1.165) is 0 Å². The molecule has 1 aliphatic heterocycles. The lowest BCUT2D eigenvalue weighted by Gasteiger charge is -2.36. The minimum Gasteiger partial charge on any atom is -0.366 e. The second-order valence-electron chi connectivity index (χ2n) is 6.68. The standard InChI is InChI=1S/C20H19FN6O2S/c21-15-3-1-2-4-17(15)26-7-9-27(10-8-26)18(28)11-14-13-30-20(24-14)25-19(29)16-12-22-5-6-23-16/h1-6,12-13H,7-11H2,(H,24,25,29). The van der Waals surface area contributed by atoms with E-state index in [1.807, 2.05) is 4.90 Å². The number of rotatable bonds is 5. The number of aromatic nitrogens is 3. The zero-order valence-electron chi connectivity index (χ0n) is 16.0. The number of hydrogen-bond donors (Lipinski definition) is 1. The Bertz CT molecular complexity index is 1040. The molecule has 2 aromatic heterocycles. The van der Waals surface area contributed by atoms with Crippen molar-refractivity contribution in [3.05, 3.63) is 65.4 Å². The quantitative estimate of drug-likeness (QED) is 0.673. The van der Waals surface area contributed by atoms with Crippen LogP contribution in [-0.4, -0.2) is 57.8 Å². The maximum atomic E-state index is 14.0. The van der Waals surface area contributed by atoms with Crippen LogP contribution in [0.25, 0.3) is 0 Å². The van der Waals surface area contributed by atoms with E-state index in [2.05, 4.69) is 20.3 Å². The van der Waals surface area contributed by atoms with Gasteiger partial charge in [0.15, 0.2) is 5.13 Å². The monoisotopic (exact) mass is 426 g/mol. The van der Waals surface area contributed by atoms with Crippen LogP contribution in [0.1, 0.15) is 16.2 Å². The molecule has 0 aliphatic carbocycles. The molecule has 1 fully saturated rings. The smallest absolute Gasteiger partial charge is 0.277 e. The summed E-state index contributed by atoms with van der Waals surface area (Å²) in [4.78, 5) is 40.6. The SMILES string of the molecule is O=C(Nc1nc(CC(=O)N2CCN(c3ccccc3F)CC2)cs1)c1cnccn1. The number of nitrogens with zero attached hydrogens (tertiary/aromatic N) is 5. The average Bonchev–Trinajstić information content (AvgIpc) is 3.21. The molecular weight excluding hydrogens is 407 g/mol. The van der Waals surface area contributed by atoms with Gasteiger partial charge >= 0.3 is 0 Å². The van der Waals surface area contributed by atoms with Crippen LogP contribution in [-0.2, 0) is 11.2 Å². The molecule has 4 rings (SSSR count). The van der Waals surface area contributed by atoms with Crippen molar-refractivity contribution in [3.8, 4) is 0 Å². The molecular formula is C20H19FN6O2S. The van der Waals surface area contributed by atoms with Gasteiger partial charge in [0.05, 0.1) is 24.0 Å². The van der Waals surface area contributed by atoms with Crippen LogP contribution >= 0.6 is 11.3 Å². The Morgan fingerprint density at radius 2 is 1.93 bits per heavy atom. The number of halogens is 1. The molecule has 0 atom stereocenters. The molecule has 2 amide bonds. The van der Waals surface area contributed by atoms with E-state index in [4.69, 9.17) is 0 Å². The maximum Gasteiger partial charge on any atom is 0.277 e. The summed E-state index contributed by atoms with van der Waals surface area (Å²) in [6.07, 6.45) is 4.44. The number of benzene rings is 1. The van der Waals surface area contributed by atoms with Crippen LogP contribution in [0.5, 0.6) is 0 Å². The van der Waals surface area contributed by atoms with Gasteiger partial charge in [-0.15, -0.1) is 11.3 Å². The molecule has 1 saturated heterocycles. The lowest BCUT2D eigenvalue weighted by atomic mass is 10.2. The topological polar surface area (TPSA) is 91.3 Å². The van der Waals surface area contributed by atoms with Gasteiger partial charge in [-0.05, 0) is 12.1 Å². The Kier molecular flexibility index (Phi) is 5.94. The summed E-state index contributed by atoms with van der Waals surface area (Å²) < 4.78 is 14.0. The molecule has 0 radical (unpaired) electrons. The predicted molar refractivity (Wildman–Crippen MR) is 111 cm³/mol. The summed E-state index contributed by atoms with van der Waals surface area (Å²) in [6.45, 7) is 2.19. The number of para-hydroxylation sites is 1. The van der Waals surface area contributed by atoms with Crippen molar-refractivity contribution in [2.24, 2.45) is 0 Å². The number of carbonyl (C=O) groups is 2. The van der Waals surface area contributed by atoms with Crippen molar-refractivity contribution in [3.63, 3.8) is 0 Å². The molecule has 8 nitrogen and oxygen atoms in total. The van der Waals surface area contributed by atoms with Crippen LogP contribution in [0, 0.1) is 5.82 Å². The fourth-order valence-electron chi connectivity index (χ4n) is 3.19. The lowest BCUT2D eigenvalue weighted by Crippen LogP contribution is -2.49. The van der Waals surface area contributed by atoms with Gasteiger partial charge in [0.2, 0.25) is 5.91 Å². The summed E-state index contributed by atoms with van der Waals surface area (Å²) in [7, 11) is 0. The minimum absolute atomic E-state index is 0.0414. The van der Waals surface area contributed by atoms with Gasteiger partial charge in [0, 0.05) is 44.0 Å². The largest absolute Gasteiger partial charge is 0.366 e. The van der Waals surface area contributed by atoms with E-state index in [-0.39, 0.29) is 23.8 Å². The highest BCUT2D eigenvalue weighted by Gasteiger charge is 2.23. The van der Waals surface area contributed by atoms with Gasteiger partial charge in [-0.3, -0.25) is 19.9 Å². The number of hydrogen-bond acceptors (Lipinski definition) is 7. The predicted octanol–water partition coefficient (Wildman–Crippen LogP) is 2.22. The summed E-state index contributed by atoms with van der Waals surface area (Å²) in [5, 5.41) is 4.81. The number of piperazine rings is 1. The van der Waals surface area contributed by atoms with E-state index >= 15 is 0 Å². The Morgan fingerprint density at radius 3 is 2.67 bits per heavy atom. The third-order valence-corrected chi connectivity index (χ3v) is 5.53. The fraction of sp³-hybridized carbons (Fsp3) is 0.250. The van der Waals surface area contributed by atoms with E-state index in [1.54, 1.807) is 28.5 Å². The zero-order valence-corrected chi connectivity index (χ0v) is 16.8. The van der Waals surface area contributed by atoms with Gasteiger partial charge in [-0.25, -0.2) is 14.4 Å². The third-order valence-electron chi connectivity index (χ3n) is 4.73. The van der Waals surface area contributed by atoms with Crippen molar-refractivity contribution in [2.75, 3.05) is 36.4 Å². The molecule has 0 bridgehead atoms. The molecule has 30 heavy (non-hydrogen) atoms. The summed E-state index contributed by atoms with van der Waals surface area (Å²) in [5.41, 5.74) is 1.35. The second kappa shape index (κ2) is 8.95. The van der Waals surface area contributed by atoms with Crippen molar-refractivity contribution in [1.29, 1.82) is 0 Å². The molecule has 0 unspecified atom stereocenters. The van der Waals surface area contributed by atoms with Crippen LogP contribution in [0.3, 0.4) is 0 Å². The number of nitrogens with one attached hydrogen (secondary N) is 1. The van der Waals surface area contributed by atoms with Gasteiger partial charge in [0.1, 0.15) is 11.5 Å². The van der Waals surface area contributed by atoms with Gasteiger partial charge in [-0.2, -0.15) is 0 Å². The molecule has 1 N–H and O–H groups in total. The van der Waals surface area contributed by atoms with Gasteiger partial charge in [0.25, 0.3) is 5.91 Å². The first-order valence-electron chi connectivity index (χ1n) is 9.39. The highest BCUT2D eigenvalue weighted by molar-refractivity contribution is 7.14. The first kappa shape index (κ1) is 19.9. The van der Waals surface area contributed by atoms with Crippen LogP contribution in [0.15, 0.2) is 48.2 Å². The molecule has 3 aromatic rings. The third kappa shape index (κ3) is 4.60. The number of amides is 2. The van der Waals surface area contributed by atoms with E-state index in [1.165, 1.54) is 36.0 Å². The lowest BCUT2D eigenvalue weighted by molar-refractivity contribution is -0.130. The van der Waals surface area contributed by atoms with Crippen molar-refractivity contribution < 1.29 is 14.0 Å². The maximum absolute atomic E-state index is 14.0. The molecule has 1 aromatic carbocycles. The zero-order chi connectivity index (χ0) is 20.9. The fourth-order valence-corrected chi connectivity index (χ4v) is 3.90. The van der Waals surface area contributed by atoms with E-state index in [9.17, 15) is 14.0 Å².